The second kappa shape index (κ2) is 9.41. The van der Waals surface area contributed by atoms with Gasteiger partial charge >= 0.3 is 0 Å². The third kappa shape index (κ3) is 7.15. The van der Waals surface area contributed by atoms with E-state index in [2.05, 4.69) is 60.3 Å². The summed E-state index contributed by atoms with van der Waals surface area (Å²) in [4.78, 5) is 0. The van der Waals surface area contributed by atoms with Gasteiger partial charge in [-0.15, -0.1) is 6.42 Å². The van der Waals surface area contributed by atoms with Gasteiger partial charge in [-0.1, -0.05) is 31.1 Å². The topological polar surface area (TPSA) is 27.6 Å². The lowest BCUT2D eigenvalue weighted by Gasteiger charge is -2.26. The summed E-state index contributed by atoms with van der Waals surface area (Å²) in [6.45, 7) is 10.5. The Morgan fingerprint density at radius 2 is 2.29 bits per heavy atom. The van der Waals surface area contributed by atoms with Crippen molar-refractivity contribution in [3.63, 3.8) is 0 Å². The summed E-state index contributed by atoms with van der Waals surface area (Å²) in [5, 5.41) is 10.1. The zero-order chi connectivity index (χ0) is 15.7. The average molecular weight is 287 g/mol. The van der Waals surface area contributed by atoms with Crippen LogP contribution in [0.4, 0.5) is 0 Å². The largest absolute Gasteiger partial charge is 0.310 e. The highest BCUT2D eigenvalue weighted by Crippen LogP contribution is 2.18. The molecular formula is C18H29N3. The summed E-state index contributed by atoms with van der Waals surface area (Å²) in [5.41, 5.74) is 1.26. The van der Waals surface area contributed by atoms with Crippen molar-refractivity contribution >= 4 is 6.21 Å². The molecule has 1 aliphatic rings. The van der Waals surface area contributed by atoms with E-state index in [1.54, 1.807) is 0 Å². The second-order valence-corrected chi connectivity index (χ2v) is 5.87. The minimum Gasteiger partial charge on any atom is -0.310 e. The van der Waals surface area contributed by atoms with Gasteiger partial charge in [0.05, 0.1) is 0 Å². The van der Waals surface area contributed by atoms with Crippen LogP contribution in [0.15, 0.2) is 29.0 Å². The fraction of sp³-hybridized carbons (Fsp3) is 0.611. The highest BCUT2D eigenvalue weighted by Gasteiger charge is 2.12. The number of hydrogen-bond acceptors (Lipinski definition) is 3. The molecule has 0 spiro atoms. The molecule has 3 nitrogen and oxygen atoms in total. The van der Waals surface area contributed by atoms with Crippen LogP contribution in [0.1, 0.15) is 40.5 Å². The van der Waals surface area contributed by atoms with E-state index in [1.807, 2.05) is 13.1 Å². The molecule has 0 saturated heterocycles. The highest BCUT2D eigenvalue weighted by atomic mass is 15.5. The van der Waals surface area contributed by atoms with Crippen LogP contribution in [-0.4, -0.2) is 30.4 Å². The quantitative estimate of drug-likeness (QED) is 0.336. The first-order valence-corrected chi connectivity index (χ1v) is 7.89. The Labute approximate surface area is 130 Å². The van der Waals surface area contributed by atoms with Gasteiger partial charge in [0.15, 0.2) is 0 Å². The lowest BCUT2D eigenvalue weighted by Crippen LogP contribution is -2.26. The number of rotatable bonds is 7. The third-order valence-electron chi connectivity index (χ3n) is 3.64. The predicted octanol–water partition coefficient (Wildman–Crippen LogP) is 3.41. The average Bonchev–Trinajstić information content (AvgIpc) is 2.46. The van der Waals surface area contributed by atoms with E-state index in [0.717, 1.165) is 19.5 Å². The monoisotopic (exact) mass is 287 g/mol. The lowest BCUT2D eigenvalue weighted by molar-refractivity contribution is 0.316. The van der Waals surface area contributed by atoms with E-state index < -0.39 is 0 Å². The minimum atomic E-state index is 0.201. The Morgan fingerprint density at radius 3 is 2.95 bits per heavy atom. The Morgan fingerprint density at radius 1 is 1.52 bits per heavy atom. The molecule has 0 fully saturated rings. The molecule has 3 atom stereocenters. The number of nitrogens with one attached hydrogen (secondary N) is 1. The lowest BCUT2D eigenvalue weighted by atomic mass is 10.0. The van der Waals surface area contributed by atoms with Crippen LogP contribution in [0.25, 0.3) is 0 Å². The zero-order valence-electron chi connectivity index (χ0n) is 13.8. The molecule has 1 rings (SSSR count). The van der Waals surface area contributed by atoms with Crippen molar-refractivity contribution in [1.82, 2.24) is 10.3 Å². The van der Waals surface area contributed by atoms with Gasteiger partial charge in [0.1, 0.15) is 0 Å². The summed E-state index contributed by atoms with van der Waals surface area (Å²) in [5.74, 6) is 3.57. The summed E-state index contributed by atoms with van der Waals surface area (Å²) in [7, 11) is 0. The van der Waals surface area contributed by atoms with E-state index in [9.17, 15) is 0 Å². The van der Waals surface area contributed by atoms with Crippen molar-refractivity contribution in [2.45, 2.75) is 46.6 Å². The van der Waals surface area contributed by atoms with E-state index in [1.165, 1.54) is 12.1 Å². The molecule has 3 heteroatoms. The van der Waals surface area contributed by atoms with E-state index in [4.69, 9.17) is 6.42 Å². The first-order valence-electron chi connectivity index (χ1n) is 7.89. The summed E-state index contributed by atoms with van der Waals surface area (Å²) in [6.07, 6.45) is 15.9. The maximum atomic E-state index is 5.34. The highest BCUT2D eigenvalue weighted by molar-refractivity contribution is 5.57. The normalized spacial score (nSPS) is 22.3. The molecule has 0 aromatic rings. The fourth-order valence-corrected chi connectivity index (χ4v) is 2.22. The Kier molecular flexibility index (Phi) is 7.85. The van der Waals surface area contributed by atoms with Gasteiger partial charge in [0.25, 0.3) is 0 Å². The summed E-state index contributed by atoms with van der Waals surface area (Å²) in [6, 6.07) is 0.340. The van der Waals surface area contributed by atoms with Gasteiger partial charge in [-0.3, -0.25) is 5.01 Å². The molecule has 1 N–H and O–H groups in total. The van der Waals surface area contributed by atoms with Gasteiger partial charge in [0, 0.05) is 37.0 Å². The Bertz CT molecular complexity index is 428. The molecular weight excluding hydrogens is 258 g/mol. The Balaban J connectivity index is 2.22. The molecule has 0 aliphatic carbocycles. The van der Waals surface area contributed by atoms with Crippen LogP contribution in [0.2, 0.25) is 0 Å². The van der Waals surface area contributed by atoms with Gasteiger partial charge in [0.2, 0.25) is 0 Å². The van der Waals surface area contributed by atoms with Gasteiger partial charge in [-0.2, -0.15) is 5.10 Å². The van der Waals surface area contributed by atoms with Crippen LogP contribution in [0, 0.1) is 24.2 Å². The number of terminal acetylenes is 1. The predicted molar refractivity (Wildman–Crippen MR) is 92.0 cm³/mol. The maximum absolute atomic E-state index is 5.34. The molecule has 0 radical (unpaired) electrons. The standard InChI is InChI=1S/C18H29N3/c1-6-15(2)8-9-17(4)19-11-7-12-20-21-13-10-16(3)14-18(21)5/h1,8-9,12,14-17,19H,7,10-11,13H2,2-5H3/b9-8-,20-12-. The summed E-state index contributed by atoms with van der Waals surface area (Å²) >= 11 is 0. The van der Waals surface area contributed by atoms with E-state index in [-0.39, 0.29) is 5.92 Å². The fourth-order valence-electron chi connectivity index (χ4n) is 2.22. The molecule has 1 heterocycles. The van der Waals surface area contributed by atoms with E-state index >= 15 is 0 Å². The Hall–Kier alpha value is -1.53. The van der Waals surface area contributed by atoms with Crippen molar-refractivity contribution in [2.75, 3.05) is 13.1 Å². The van der Waals surface area contributed by atoms with Crippen LogP contribution < -0.4 is 5.32 Å². The van der Waals surface area contributed by atoms with Gasteiger partial charge in [-0.25, -0.2) is 0 Å². The third-order valence-corrected chi connectivity index (χ3v) is 3.64. The van der Waals surface area contributed by atoms with Crippen LogP contribution in [0.5, 0.6) is 0 Å². The molecule has 116 valence electrons. The molecule has 0 saturated carbocycles. The number of hydrogen-bond donors (Lipinski definition) is 1. The molecule has 0 aromatic heterocycles. The number of hydrazone groups is 1. The molecule has 21 heavy (non-hydrogen) atoms. The van der Waals surface area contributed by atoms with Crippen molar-refractivity contribution in [1.29, 1.82) is 0 Å². The number of allylic oxidation sites excluding steroid dienone is 3. The van der Waals surface area contributed by atoms with Crippen LogP contribution >= 0.6 is 0 Å². The SMILES string of the molecule is C#CC(C)/C=C\C(C)NCC/C=N\N1CCC(C)C=C1C. The van der Waals surface area contributed by atoms with Crippen molar-refractivity contribution in [2.24, 2.45) is 16.9 Å². The van der Waals surface area contributed by atoms with Crippen molar-refractivity contribution in [3.05, 3.63) is 23.9 Å². The van der Waals surface area contributed by atoms with Gasteiger partial charge in [-0.05, 0) is 39.5 Å². The molecule has 1 aliphatic heterocycles. The molecule has 0 aromatic carbocycles. The molecule has 0 bridgehead atoms. The second-order valence-electron chi connectivity index (χ2n) is 5.87. The summed E-state index contributed by atoms with van der Waals surface area (Å²) < 4.78 is 0. The number of nitrogens with zero attached hydrogens (tertiary/aromatic N) is 2. The first-order chi connectivity index (χ1) is 10.0. The van der Waals surface area contributed by atoms with Gasteiger partial charge < -0.3 is 5.32 Å². The smallest absolute Gasteiger partial charge is 0.0417 e. The van der Waals surface area contributed by atoms with Crippen LogP contribution in [-0.2, 0) is 0 Å². The maximum Gasteiger partial charge on any atom is 0.0417 e. The van der Waals surface area contributed by atoms with Crippen molar-refractivity contribution < 1.29 is 0 Å². The minimum absolute atomic E-state index is 0.201. The molecule has 3 unspecified atom stereocenters. The van der Waals surface area contributed by atoms with E-state index in [0.29, 0.717) is 12.0 Å². The van der Waals surface area contributed by atoms with Crippen molar-refractivity contribution in [3.8, 4) is 12.3 Å². The zero-order valence-corrected chi connectivity index (χ0v) is 13.8. The first kappa shape index (κ1) is 17.5. The molecule has 0 amide bonds. The van der Waals surface area contributed by atoms with Crippen LogP contribution in [0.3, 0.4) is 0 Å².